The largest absolute Gasteiger partial charge is 0.550 e. The molecule has 4 rings (SSSR count). The first-order valence-corrected chi connectivity index (χ1v) is 7.44. The van der Waals surface area contributed by atoms with Gasteiger partial charge in [-0.15, -0.1) is 0 Å². The average Bonchev–Trinajstić information content (AvgIpc) is 2.55. The van der Waals surface area contributed by atoms with Crippen LogP contribution >= 0.6 is 0 Å². The van der Waals surface area contributed by atoms with Gasteiger partial charge in [-0.05, 0) is 48.9 Å². The van der Waals surface area contributed by atoms with Crippen LogP contribution in [-0.2, 0) is 9.59 Å². The third kappa shape index (κ3) is 2.58. The van der Waals surface area contributed by atoms with Crippen molar-refractivity contribution in [3.63, 3.8) is 0 Å². The quantitative estimate of drug-likeness (QED) is 0.848. The molecular formula is C17H18NO4-. The number of carbonyl (C=O) groups is 2. The minimum absolute atomic E-state index is 0.0221. The van der Waals surface area contributed by atoms with E-state index in [0.717, 1.165) is 12.8 Å². The summed E-state index contributed by atoms with van der Waals surface area (Å²) < 4.78 is 5.07. The highest BCUT2D eigenvalue weighted by atomic mass is 16.5. The Morgan fingerprint density at radius 1 is 1.09 bits per heavy atom. The van der Waals surface area contributed by atoms with Gasteiger partial charge in [0.05, 0.1) is 13.0 Å². The number of rotatable bonds is 4. The molecule has 1 aromatic carbocycles. The number of benzene rings is 1. The van der Waals surface area contributed by atoms with Gasteiger partial charge < -0.3 is 20.0 Å². The van der Waals surface area contributed by atoms with Crippen LogP contribution in [0.25, 0.3) is 0 Å². The van der Waals surface area contributed by atoms with E-state index in [1.165, 1.54) is 0 Å². The zero-order valence-corrected chi connectivity index (χ0v) is 12.3. The normalized spacial score (nSPS) is 29.1. The van der Waals surface area contributed by atoms with Crippen molar-refractivity contribution < 1.29 is 19.4 Å². The van der Waals surface area contributed by atoms with Crippen LogP contribution in [0.4, 0.5) is 5.69 Å². The summed E-state index contributed by atoms with van der Waals surface area (Å²) >= 11 is 0. The number of hydrogen-bond acceptors (Lipinski definition) is 4. The number of anilines is 1. The van der Waals surface area contributed by atoms with Crippen LogP contribution in [0.15, 0.2) is 36.4 Å². The molecule has 1 saturated carbocycles. The molecule has 4 atom stereocenters. The molecule has 3 aliphatic carbocycles. The Morgan fingerprint density at radius 2 is 1.68 bits per heavy atom. The Labute approximate surface area is 129 Å². The van der Waals surface area contributed by atoms with Gasteiger partial charge >= 0.3 is 0 Å². The molecular weight excluding hydrogens is 282 g/mol. The number of methoxy groups -OCH3 is 1. The lowest BCUT2D eigenvalue weighted by Crippen LogP contribution is -2.51. The number of carbonyl (C=O) groups excluding carboxylic acids is 2. The van der Waals surface area contributed by atoms with Crippen molar-refractivity contribution in [2.45, 2.75) is 12.8 Å². The van der Waals surface area contributed by atoms with Crippen molar-refractivity contribution in [3.05, 3.63) is 36.4 Å². The minimum atomic E-state index is -1.13. The van der Waals surface area contributed by atoms with Gasteiger partial charge in [-0.2, -0.15) is 0 Å². The molecule has 0 saturated heterocycles. The van der Waals surface area contributed by atoms with Crippen LogP contribution < -0.4 is 15.2 Å². The van der Waals surface area contributed by atoms with E-state index >= 15 is 0 Å². The third-order valence-corrected chi connectivity index (χ3v) is 4.68. The lowest BCUT2D eigenvalue weighted by molar-refractivity contribution is -0.316. The van der Waals surface area contributed by atoms with Crippen LogP contribution in [0, 0.1) is 23.7 Å². The molecule has 0 aromatic heterocycles. The van der Waals surface area contributed by atoms with E-state index in [2.05, 4.69) is 5.32 Å². The van der Waals surface area contributed by atoms with Gasteiger partial charge in [-0.3, -0.25) is 4.79 Å². The number of allylic oxidation sites excluding steroid dienone is 2. The van der Waals surface area contributed by atoms with Crippen LogP contribution in [0.1, 0.15) is 12.8 Å². The van der Waals surface area contributed by atoms with Crippen molar-refractivity contribution in [1.29, 1.82) is 0 Å². The Kier molecular flexibility index (Phi) is 3.88. The molecule has 3 aliphatic rings. The predicted octanol–water partition coefficient (Wildman–Crippen LogP) is 1.21. The van der Waals surface area contributed by atoms with Gasteiger partial charge in [0.2, 0.25) is 5.91 Å². The second-order valence-corrected chi connectivity index (χ2v) is 5.88. The van der Waals surface area contributed by atoms with Crippen molar-refractivity contribution in [2.75, 3.05) is 12.4 Å². The van der Waals surface area contributed by atoms with Crippen LogP contribution in [0.2, 0.25) is 0 Å². The van der Waals surface area contributed by atoms with Crippen LogP contribution in [0.3, 0.4) is 0 Å². The molecule has 22 heavy (non-hydrogen) atoms. The van der Waals surface area contributed by atoms with Gasteiger partial charge in [0.15, 0.2) is 0 Å². The lowest BCUT2D eigenvalue weighted by Gasteiger charge is -2.44. The topological polar surface area (TPSA) is 78.5 Å². The molecule has 0 spiro atoms. The maximum Gasteiger partial charge on any atom is 0.228 e. The smallest absolute Gasteiger partial charge is 0.228 e. The number of nitrogens with one attached hydrogen (secondary N) is 1. The fourth-order valence-electron chi connectivity index (χ4n) is 3.57. The Bertz CT molecular complexity index is 608. The molecule has 0 heterocycles. The number of ether oxygens (including phenoxy) is 1. The summed E-state index contributed by atoms with van der Waals surface area (Å²) in [5.41, 5.74) is 0.633. The van der Waals surface area contributed by atoms with Crippen molar-refractivity contribution >= 4 is 17.6 Å². The van der Waals surface area contributed by atoms with Gasteiger partial charge in [-0.1, -0.05) is 12.2 Å². The summed E-state index contributed by atoms with van der Waals surface area (Å²) in [6, 6.07) is 6.97. The highest BCUT2D eigenvalue weighted by Crippen LogP contribution is 2.45. The number of hydrogen-bond donors (Lipinski definition) is 1. The second-order valence-electron chi connectivity index (χ2n) is 5.88. The highest BCUT2D eigenvalue weighted by Gasteiger charge is 2.45. The predicted molar refractivity (Wildman–Crippen MR) is 79.0 cm³/mol. The molecule has 5 heteroatoms. The van der Waals surface area contributed by atoms with E-state index in [1.54, 1.807) is 31.4 Å². The summed E-state index contributed by atoms with van der Waals surface area (Å²) in [6.07, 6.45) is 5.56. The number of aliphatic carboxylic acids is 1. The molecule has 1 aromatic rings. The van der Waals surface area contributed by atoms with Crippen molar-refractivity contribution in [1.82, 2.24) is 0 Å². The van der Waals surface area contributed by atoms with E-state index < -0.39 is 17.8 Å². The number of carboxylic acids is 1. The molecule has 5 nitrogen and oxygen atoms in total. The third-order valence-electron chi connectivity index (χ3n) is 4.68. The second kappa shape index (κ2) is 5.83. The molecule has 1 amide bonds. The molecule has 1 fully saturated rings. The first-order valence-electron chi connectivity index (χ1n) is 7.44. The molecule has 0 radical (unpaired) electrons. The molecule has 0 unspecified atom stereocenters. The van der Waals surface area contributed by atoms with Crippen LogP contribution in [0.5, 0.6) is 5.75 Å². The zero-order chi connectivity index (χ0) is 15.7. The summed E-state index contributed by atoms with van der Waals surface area (Å²) in [4.78, 5) is 24.0. The monoisotopic (exact) mass is 300 g/mol. The maximum atomic E-state index is 12.6. The summed E-state index contributed by atoms with van der Waals surface area (Å²) in [5, 5.41) is 14.3. The first kappa shape index (κ1) is 14.6. The molecule has 0 aliphatic heterocycles. The Morgan fingerprint density at radius 3 is 2.18 bits per heavy atom. The van der Waals surface area contributed by atoms with Gasteiger partial charge in [0.1, 0.15) is 5.75 Å². The fraction of sp³-hybridized carbons (Fsp3) is 0.412. The highest BCUT2D eigenvalue weighted by molar-refractivity contribution is 5.95. The van der Waals surface area contributed by atoms with Crippen molar-refractivity contribution in [3.8, 4) is 5.75 Å². The van der Waals surface area contributed by atoms with E-state index in [9.17, 15) is 14.7 Å². The SMILES string of the molecule is COc1ccc(NC(=O)[C@@H]2[C@@H](C(=O)[O-])[C@H]3C=C[C@@H]2CC3)cc1. The van der Waals surface area contributed by atoms with Gasteiger partial charge in [0.25, 0.3) is 0 Å². The van der Waals surface area contributed by atoms with E-state index in [0.29, 0.717) is 11.4 Å². The van der Waals surface area contributed by atoms with Crippen molar-refractivity contribution in [2.24, 2.45) is 23.7 Å². The summed E-state index contributed by atoms with van der Waals surface area (Å²) in [5.74, 6) is -2.09. The fourth-order valence-corrected chi connectivity index (χ4v) is 3.57. The van der Waals surface area contributed by atoms with E-state index in [-0.39, 0.29) is 17.7 Å². The lowest BCUT2D eigenvalue weighted by atomic mass is 9.62. The standard InChI is InChI=1S/C17H19NO4/c1-22-13-8-6-12(7-9-13)18-16(19)14-10-2-4-11(5-3-10)15(14)17(20)21/h2,4,6-11,14-15H,3,5H2,1H3,(H,18,19)(H,20,21)/p-1/t10-,11+,14+,15+/m1/s1. The van der Waals surface area contributed by atoms with E-state index in [1.807, 2.05) is 12.2 Å². The van der Waals surface area contributed by atoms with Gasteiger partial charge in [-0.25, -0.2) is 0 Å². The summed E-state index contributed by atoms with van der Waals surface area (Å²) in [6.45, 7) is 0. The number of fused-ring (bicyclic) bond motifs is 2. The van der Waals surface area contributed by atoms with Crippen LogP contribution in [-0.4, -0.2) is 19.0 Å². The summed E-state index contributed by atoms with van der Waals surface area (Å²) in [7, 11) is 1.57. The first-order chi connectivity index (χ1) is 10.6. The zero-order valence-electron chi connectivity index (χ0n) is 12.3. The van der Waals surface area contributed by atoms with Gasteiger partial charge in [0, 0.05) is 17.6 Å². The van der Waals surface area contributed by atoms with E-state index in [4.69, 9.17) is 4.74 Å². The molecule has 2 bridgehead atoms. The number of carboxylic acid groups (broad SMARTS) is 1. The molecule has 1 N–H and O–H groups in total. The number of amides is 1. The minimum Gasteiger partial charge on any atom is -0.550 e. The Hall–Kier alpha value is -2.30. The molecule has 116 valence electrons. The average molecular weight is 300 g/mol. The maximum absolute atomic E-state index is 12.6. The Balaban J connectivity index is 1.78.